The number of phenolic OH excluding ortho intramolecular Hbond substituents is 4. The summed E-state index contributed by atoms with van der Waals surface area (Å²) < 4.78 is 44.1. The third-order valence-corrected chi connectivity index (χ3v) is 9.10. The van der Waals surface area contributed by atoms with Gasteiger partial charge >= 0.3 is 0 Å². The quantitative estimate of drug-likeness (QED) is 0.0889. The van der Waals surface area contributed by atoms with Crippen LogP contribution in [0.2, 0.25) is 0 Å². The first kappa shape index (κ1) is 38.6. The van der Waals surface area contributed by atoms with Gasteiger partial charge in [0.15, 0.2) is 47.4 Å². The van der Waals surface area contributed by atoms with E-state index in [0.717, 1.165) is 25.3 Å². The van der Waals surface area contributed by atoms with Gasteiger partial charge in [0.1, 0.15) is 59.3 Å². The Bertz CT molecular complexity index is 1850. The summed E-state index contributed by atoms with van der Waals surface area (Å²) in [5, 5.41) is 124. The molecule has 3 saturated heterocycles. The third-order valence-electron chi connectivity index (χ3n) is 9.10. The molecule has 0 unspecified atom stereocenters. The van der Waals surface area contributed by atoms with Crippen molar-refractivity contribution in [1.29, 1.82) is 0 Å². The molecule has 1 aromatic heterocycles. The minimum atomic E-state index is -2.27. The van der Waals surface area contributed by atoms with Crippen molar-refractivity contribution in [2.75, 3.05) is 33.5 Å². The van der Waals surface area contributed by atoms with Crippen LogP contribution in [-0.4, -0.2) is 168 Å². The molecule has 21 nitrogen and oxygen atoms in total. The molecule has 4 heterocycles. The fourth-order valence-corrected chi connectivity index (χ4v) is 6.07. The molecule has 2 aromatic carbocycles. The van der Waals surface area contributed by atoms with Crippen LogP contribution in [0.5, 0.6) is 34.5 Å². The number of phenols is 4. The lowest BCUT2D eigenvalue weighted by molar-refractivity contribution is -0.319. The number of fused-ring (bicyclic) bond motifs is 1. The third kappa shape index (κ3) is 7.03. The van der Waals surface area contributed by atoms with E-state index in [-0.39, 0.29) is 5.56 Å². The molecule has 0 amide bonds. The average molecular weight is 759 g/mol. The van der Waals surface area contributed by atoms with E-state index in [1.165, 1.54) is 6.07 Å². The molecular formula is C32H38O21. The van der Waals surface area contributed by atoms with Crippen molar-refractivity contribution >= 4 is 11.0 Å². The maximum absolute atomic E-state index is 14.1. The minimum Gasteiger partial charge on any atom is -0.504 e. The summed E-state index contributed by atoms with van der Waals surface area (Å²) >= 11 is 0. The van der Waals surface area contributed by atoms with Gasteiger partial charge in [0.05, 0.1) is 33.5 Å². The molecular weight excluding hydrogens is 720 g/mol. The summed E-state index contributed by atoms with van der Waals surface area (Å²) in [5.74, 6) is -4.50. The van der Waals surface area contributed by atoms with Crippen LogP contribution in [0.1, 0.15) is 0 Å². The number of aromatic hydroxyl groups is 4. The molecule has 3 fully saturated rings. The Morgan fingerprint density at radius 3 is 2.26 bits per heavy atom. The SMILES string of the molecule is COc1c(O)cc2oc(-c3ccc(O)c(O)c3)c(O[C@@H]3O[C@H](CO)[C@H](O)[C@H](O)[C@H]3O[C@@H]3OC[C@](O)(CO[C@@H]4OC[C@H](O)[C@H](O)[C@H]4O)[C@H]3O)c(=O)c2c1O. The van der Waals surface area contributed by atoms with E-state index in [1.807, 2.05) is 0 Å². The molecule has 3 aromatic rings. The van der Waals surface area contributed by atoms with Crippen LogP contribution in [0.4, 0.5) is 0 Å². The van der Waals surface area contributed by atoms with E-state index in [4.69, 9.17) is 37.6 Å². The minimum absolute atomic E-state index is 0.106. The largest absolute Gasteiger partial charge is 0.504 e. The number of methoxy groups -OCH3 is 1. The van der Waals surface area contributed by atoms with Gasteiger partial charge < -0.3 is 98.9 Å². The van der Waals surface area contributed by atoms with Crippen molar-refractivity contribution in [3.8, 4) is 45.8 Å². The Morgan fingerprint density at radius 1 is 0.849 bits per heavy atom. The topological polar surface area (TPSA) is 338 Å². The molecule has 12 atom stereocenters. The summed E-state index contributed by atoms with van der Waals surface area (Å²) in [6.07, 6.45) is -19.4. The van der Waals surface area contributed by atoms with Crippen LogP contribution in [-0.2, 0) is 23.7 Å². The van der Waals surface area contributed by atoms with Crippen molar-refractivity contribution in [2.45, 2.75) is 73.3 Å². The zero-order chi connectivity index (χ0) is 38.5. The molecule has 3 aliphatic heterocycles. The molecule has 0 spiro atoms. The van der Waals surface area contributed by atoms with E-state index in [0.29, 0.717) is 0 Å². The standard InChI is InChI=1S/C32H38O21/c1-46-25-13(36)5-15-17(20(25)40)21(41)26(24(50-15)10-2-3-11(34)12(35)4-10)52-30-27(22(42)19(39)16(6-33)51-30)53-31-28(44)32(45,9-49-31)8-48-29-23(43)18(38)14(37)7-47-29/h2-5,14,16,18-19,22-23,27-31,33-40,42-45H,6-9H2,1H3/t14-,16+,18-,19-,22-,23+,27+,28-,29-,30-,31-,32+/m0/s1. The zero-order valence-electron chi connectivity index (χ0n) is 27.5. The van der Waals surface area contributed by atoms with Gasteiger partial charge in [-0.05, 0) is 18.2 Å². The number of aliphatic hydroxyl groups is 8. The Morgan fingerprint density at radius 2 is 1.58 bits per heavy atom. The van der Waals surface area contributed by atoms with Gasteiger partial charge in [-0.25, -0.2) is 0 Å². The van der Waals surface area contributed by atoms with Gasteiger partial charge in [0.2, 0.25) is 23.2 Å². The number of hydrogen-bond acceptors (Lipinski definition) is 21. The summed E-state index contributed by atoms with van der Waals surface area (Å²) in [5.41, 5.74) is -3.91. The lowest BCUT2D eigenvalue weighted by Gasteiger charge is -2.42. The predicted octanol–water partition coefficient (Wildman–Crippen LogP) is -3.60. The van der Waals surface area contributed by atoms with Crippen molar-refractivity contribution < 1.29 is 98.9 Å². The normalized spacial score (nSPS) is 34.7. The van der Waals surface area contributed by atoms with Crippen LogP contribution < -0.4 is 14.9 Å². The highest BCUT2D eigenvalue weighted by Crippen LogP contribution is 2.44. The Hall–Kier alpha value is -4.07. The highest BCUT2D eigenvalue weighted by molar-refractivity contribution is 5.91. The lowest BCUT2D eigenvalue weighted by Crippen LogP contribution is -2.62. The number of hydrogen-bond donors (Lipinski definition) is 12. The van der Waals surface area contributed by atoms with Crippen molar-refractivity contribution in [3.63, 3.8) is 0 Å². The average Bonchev–Trinajstić information content (AvgIpc) is 3.40. The van der Waals surface area contributed by atoms with E-state index >= 15 is 0 Å². The molecule has 292 valence electrons. The first-order valence-corrected chi connectivity index (χ1v) is 16.0. The molecule has 6 rings (SSSR count). The summed E-state index contributed by atoms with van der Waals surface area (Å²) in [4.78, 5) is 14.1. The number of benzene rings is 2. The van der Waals surface area contributed by atoms with Crippen LogP contribution >= 0.6 is 0 Å². The van der Waals surface area contributed by atoms with Gasteiger partial charge in [-0.1, -0.05) is 0 Å². The molecule has 12 N–H and O–H groups in total. The monoisotopic (exact) mass is 758 g/mol. The molecule has 3 aliphatic rings. The second-order valence-electron chi connectivity index (χ2n) is 12.7. The number of rotatable bonds is 10. The van der Waals surface area contributed by atoms with Gasteiger partial charge in [0, 0.05) is 11.6 Å². The molecule has 53 heavy (non-hydrogen) atoms. The van der Waals surface area contributed by atoms with E-state index in [1.54, 1.807) is 0 Å². The number of ether oxygens (including phenoxy) is 7. The fourth-order valence-electron chi connectivity index (χ4n) is 6.07. The highest BCUT2D eigenvalue weighted by Gasteiger charge is 2.54. The van der Waals surface area contributed by atoms with Crippen LogP contribution in [0, 0.1) is 0 Å². The second-order valence-corrected chi connectivity index (χ2v) is 12.7. The molecule has 0 aliphatic carbocycles. The highest BCUT2D eigenvalue weighted by atomic mass is 16.8. The van der Waals surface area contributed by atoms with E-state index < -0.39 is 156 Å². The molecule has 0 saturated carbocycles. The van der Waals surface area contributed by atoms with Crippen LogP contribution in [0.15, 0.2) is 33.5 Å². The van der Waals surface area contributed by atoms with Gasteiger partial charge in [-0.3, -0.25) is 4.79 Å². The summed E-state index contributed by atoms with van der Waals surface area (Å²) in [6.45, 7) is -2.76. The van der Waals surface area contributed by atoms with Gasteiger partial charge in [-0.15, -0.1) is 0 Å². The molecule has 0 radical (unpaired) electrons. The van der Waals surface area contributed by atoms with Crippen molar-refractivity contribution in [1.82, 2.24) is 0 Å². The van der Waals surface area contributed by atoms with Crippen molar-refractivity contribution in [2.24, 2.45) is 0 Å². The van der Waals surface area contributed by atoms with Crippen LogP contribution in [0.3, 0.4) is 0 Å². The molecule has 0 bridgehead atoms. The lowest BCUT2D eigenvalue weighted by atomic mass is 9.98. The maximum Gasteiger partial charge on any atom is 0.239 e. The first-order chi connectivity index (χ1) is 25.1. The Labute approximate surface area is 297 Å². The van der Waals surface area contributed by atoms with Gasteiger partial charge in [0.25, 0.3) is 0 Å². The van der Waals surface area contributed by atoms with E-state index in [2.05, 4.69) is 0 Å². The smallest absolute Gasteiger partial charge is 0.239 e. The predicted molar refractivity (Wildman–Crippen MR) is 169 cm³/mol. The second kappa shape index (κ2) is 15.0. The van der Waals surface area contributed by atoms with Crippen LogP contribution in [0.25, 0.3) is 22.3 Å². The summed E-state index contributed by atoms with van der Waals surface area (Å²) in [7, 11) is 1.10. The first-order valence-electron chi connectivity index (χ1n) is 16.0. The van der Waals surface area contributed by atoms with Crippen molar-refractivity contribution in [3.05, 3.63) is 34.5 Å². The van der Waals surface area contributed by atoms with E-state index in [9.17, 15) is 66.1 Å². The zero-order valence-corrected chi connectivity index (χ0v) is 27.5. The maximum atomic E-state index is 14.1. The molecule has 21 heteroatoms. The Kier molecular flexibility index (Phi) is 10.9. The summed E-state index contributed by atoms with van der Waals surface area (Å²) in [6, 6.07) is 4.17. The van der Waals surface area contributed by atoms with Gasteiger partial charge in [-0.2, -0.15) is 0 Å². The Balaban J connectivity index is 1.33. The fraction of sp³-hybridized carbons (Fsp3) is 0.531. The number of aliphatic hydroxyl groups excluding tert-OH is 7.